The van der Waals surface area contributed by atoms with Gasteiger partial charge in [0.25, 0.3) is 0 Å². The molecule has 1 aromatic rings. The first-order chi connectivity index (χ1) is 10.5. The molecular weight excluding hydrogens is 312 g/mol. The minimum atomic E-state index is 0. The molecule has 0 bridgehead atoms. The number of nitrogens with one attached hydrogen (secondary N) is 1. The Labute approximate surface area is 146 Å². The Kier molecular flexibility index (Phi) is 11.5. The van der Waals surface area contributed by atoms with Crippen molar-refractivity contribution in [2.75, 3.05) is 6.61 Å². The van der Waals surface area contributed by atoms with Crippen LogP contribution in [-0.4, -0.2) is 18.6 Å². The van der Waals surface area contributed by atoms with Gasteiger partial charge in [0.2, 0.25) is 5.91 Å². The third kappa shape index (κ3) is 9.47. The number of carbonyl (C=O) groups is 1. The fourth-order valence-electron chi connectivity index (χ4n) is 2.12. The average Bonchev–Trinajstić information content (AvgIpc) is 2.48. The minimum Gasteiger partial charge on any atom is -0.493 e. The summed E-state index contributed by atoms with van der Waals surface area (Å²) in [7, 11) is 0. The molecule has 1 rings (SSSR count). The highest BCUT2D eigenvalue weighted by atomic mass is 35.5. The van der Waals surface area contributed by atoms with Crippen molar-refractivity contribution >= 4 is 18.3 Å². The van der Waals surface area contributed by atoms with Crippen LogP contribution in [0.4, 0.5) is 0 Å². The summed E-state index contributed by atoms with van der Waals surface area (Å²) in [6.07, 6.45) is 4.59. The molecule has 132 valence electrons. The van der Waals surface area contributed by atoms with Gasteiger partial charge in [0.1, 0.15) is 5.75 Å². The van der Waals surface area contributed by atoms with Gasteiger partial charge < -0.3 is 15.8 Å². The Hall–Kier alpha value is -1.26. The number of nitrogens with two attached hydrogens (primary N) is 1. The molecule has 0 aliphatic carbocycles. The second-order valence-electron chi connectivity index (χ2n) is 5.96. The Balaban J connectivity index is 0.00000484. The van der Waals surface area contributed by atoms with Gasteiger partial charge in [0.05, 0.1) is 6.61 Å². The maximum atomic E-state index is 11.8. The summed E-state index contributed by atoms with van der Waals surface area (Å²) in [5, 5.41) is 2.94. The first-order valence-electron chi connectivity index (χ1n) is 8.27. The zero-order valence-electron chi connectivity index (χ0n) is 14.6. The van der Waals surface area contributed by atoms with Gasteiger partial charge in [-0.2, -0.15) is 0 Å². The molecule has 0 aromatic heterocycles. The number of carbonyl (C=O) groups excluding carboxylic acids is 1. The van der Waals surface area contributed by atoms with Crippen LogP contribution < -0.4 is 15.8 Å². The zero-order valence-corrected chi connectivity index (χ0v) is 15.4. The highest BCUT2D eigenvalue weighted by molar-refractivity contribution is 5.85. The zero-order chi connectivity index (χ0) is 16.4. The van der Waals surface area contributed by atoms with E-state index in [1.165, 1.54) is 12.8 Å². The molecule has 1 unspecified atom stereocenters. The smallest absolute Gasteiger partial charge is 0.220 e. The summed E-state index contributed by atoms with van der Waals surface area (Å²) in [5.74, 6) is 0.915. The lowest BCUT2D eigenvalue weighted by atomic mass is 10.1. The maximum Gasteiger partial charge on any atom is 0.220 e. The Morgan fingerprint density at radius 1 is 1.35 bits per heavy atom. The van der Waals surface area contributed by atoms with Gasteiger partial charge in [-0.15, -0.1) is 12.4 Å². The number of halogens is 1. The summed E-state index contributed by atoms with van der Waals surface area (Å²) in [4.78, 5) is 11.8. The molecule has 5 heteroatoms. The van der Waals surface area contributed by atoms with Crippen LogP contribution in [0.1, 0.15) is 57.1 Å². The number of unbranched alkanes of at least 4 members (excludes halogenated alkanes) is 2. The first kappa shape index (κ1) is 21.7. The third-order valence-electron chi connectivity index (χ3n) is 3.53. The lowest BCUT2D eigenvalue weighted by Crippen LogP contribution is -2.25. The average molecular weight is 343 g/mol. The molecule has 0 saturated carbocycles. The molecule has 0 radical (unpaired) electrons. The van der Waals surface area contributed by atoms with Crippen LogP contribution in [-0.2, 0) is 11.3 Å². The molecule has 0 fully saturated rings. The van der Waals surface area contributed by atoms with Gasteiger partial charge >= 0.3 is 0 Å². The van der Waals surface area contributed by atoms with Crippen molar-refractivity contribution in [1.29, 1.82) is 0 Å². The molecule has 23 heavy (non-hydrogen) atoms. The highest BCUT2D eigenvalue weighted by Gasteiger charge is 2.07. The van der Waals surface area contributed by atoms with Crippen molar-refractivity contribution < 1.29 is 9.53 Å². The molecular formula is C18H31ClN2O2. The van der Waals surface area contributed by atoms with Crippen molar-refractivity contribution in [3.63, 3.8) is 0 Å². The predicted octanol–water partition coefficient (Wildman–Crippen LogP) is 3.73. The number of ether oxygens (including phenoxy) is 1. The van der Waals surface area contributed by atoms with Gasteiger partial charge in [0, 0.05) is 24.6 Å². The number of benzene rings is 1. The Bertz CT molecular complexity index is 464. The van der Waals surface area contributed by atoms with E-state index in [1.54, 1.807) is 0 Å². The number of hydrogen-bond donors (Lipinski definition) is 2. The lowest BCUT2D eigenvalue weighted by Gasteiger charge is -2.13. The molecule has 4 nitrogen and oxygen atoms in total. The second kappa shape index (κ2) is 12.2. The van der Waals surface area contributed by atoms with Crippen molar-refractivity contribution in [3.05, 3.63) is 29.3 Å². The summed E-state index contributed by atoms with van der Waals surface area (Å²) in [6.45, 7) is 7.36. The van der Waals surface area contributed by atoms with E-state index >= 15 is 0 Å². The maximum absolute atomic E-state index is 11.8. The van der Waals surface area contributed by atoms with E-state index in [0.717, 1.165) is 29.9 Å². The summed E-state index contributed by atoms with van der Waals surface area (Å²) in [5.41, 5.74) is 7.86. The first-order valence-corrected chi connectivity index (χ1v) is 8.27. The molecule has 0 aliphatic heterocycles. The van der Waals surface area contributed by atoms with E-state index in [9.17, 15) is 4.79 Å². The third-order valence-corrected chi connectivity index (χ3v) is 3.53. The van der Waals surface area contributed by atoms with Gasteiger partial charge in [-0.05, 0) is 38.3 Å². The number of hydrogen-bond acceptors (Lipinski definition) is 3. The normalized spacial score (nSPS) is 11.5. The summed E-state index contributed by atoms with van der Waals surface area (Å²) >= 11 is 0. The molecule has 0 aliphatic rings. The van der Waals surface area contributed by atoms with Gasteiger partial charge in [-0.25, -0.2) is 0 Å². The van der Waals surface area contributed by atoms with Gasteiger partial charge in [0.15, 0.2) is 0 Å². The Morgan fingerprint density at radius 3 is 2.74 bits per heavy atom. The lowest BCUT2D eigenvalue weighted by molar-refractivity contribution is -0.121. The van der Waals surface area contributed by atoms with Crippen LogP contribution >= 0.6 is 12.4 Å². The van der Waals surface area contributed by atoms with Crippen molar-refractivity contribution in [2.45, 2.75) is 65.5 Å². The predicted molar refractivity (Wildman–Crippen MR) is 98.2 cm³/mol. The number of aryl methyl sites for hydroxylation is 1. The molecule has 1 amide bonds. The highest BCUT2D eigenvalue weighted by Crippen LogP contribution is 2.20. The van der Waals surface area contributed by atoms with Crippen LogP contribution in [0, 0.1) is 6.92 Å². The van der Waals surface area contributed by atoms with Gasteiger partial charge in [-0.3, -0.25) is 4.79 Å². The van der Waals surface area contributed by atoms with Crippen molar-refractivity contribution in [2.24, 2.45) is 5.73 Å². The molecule has 3 N–H and O–H groups in total. The SMILES string of the molecule is CCCCCOc1cc(C)ccc1CNC(=O)CCC(C)N.Cl. The fraction of sp³-hybridized carbons (Fsp3) is 0.611. The topological polar surface area (TPSA) is 64.3 Å². The van der Waals surface area contributed by atoms with Crippen LogP contribution in [0.2, 0.25) is 0 Å². The standard InChI is InChI=1S/C18H30N2O2.ClH/c1-4-5-6-11-22-17-12-14(2)7-9-16(17)13-20-18(21)10-8-15(3)19;/h7,9,12,15H,4-6,8,10-11,13,19H2,1-3H3,(H,20,21);1H. The Morgan fingerprint density at radius 2 is 2.09 bits per heavy atom. The molecule has 1 atom stereocenters. The van der Waals surface area contributed by atoms with E-state index in [2.05, 4.69) is 12.2 Å². The molecule has 1 aromatic carbocycles. The van der Waals surface area contributed by atoms with Gasteiger partial charge in [-0.1, -0.05) is 31.9 Å². The molecule has 0 spiro atoms. The molecule has 0 heterocycles. The van der Waals surface area contributed by atoms with E-state index in [4.69, 9.17) is 10.5 Å². The van der Waals surface area contributed by atoms with Crippen molar-refractivity contribution in [3.8, 4) is 5.75 Å². The van der Waals surface area contributed by atoms with E-state index < -0.39 is 0 Å². The largest absolute Gasteiger partial charge is 0.493 e. The van der Waals surface area contributed by atoms with E-state index in [-0.39, 0.29) is 24.4 Å². The monoisotopic (exact) mass is 342 g/mol. The quantitative estimate of drug-likeness (QED) is 0.637. The van der Waals surface area contributed by atoms with Crippen molar-refractivity contribution in [1.82, 2.24) is 5.32 Å². The number of rotatable bonds is 10. The summed E-state index contributed by atoms with van der Waals surface area (Å²) < 4.78 is 5.88. The van der Waals surface area contributed by atoms with Crippen LogP contribution in [0.15, 0.2) is 18.2 Å². The van der Waals surface area contributed by atoms with Crippen LogP contribution in [0.3, 0.4) is 0 Å². The summed E-state index contributed by atoms with van der Waals surface area (Å²) in [6, 6.07) is 6.16. The van der Waals surface area contributed by atoms with Crippen LogP contribution in [0.5, 0.6) is 5.75 Å². The second-order valence-corrected chi connectivity index (χ2v) is 5.96. The van der Waals surface area contributed by atoms with Crippen LogP contribution in [0.25, 0.3) is 0 Å². The van der Waals surface area contributed by atoms with E-state index in [1.807, 2.05) is 32.0 Å². The fourth-order valence-corrected chi connectivity index (χ4v) is 2.12. The molecule has 0 saturated heterocycles. The number of amides is 1. The van der Waals surface area contributed by atoms with E-state index in [0.29, 0.717) is 19.4 Å². The minimum absolute atomic E-state index is 0.